The van der Waals surface area contributed by atoms with Crippen LogP contribution in [0.3, 0.4) is 0 Å². The molecule has 0 saturated carbocycles. The van der Waals surface area contributed by atoms with Gasteiger partial charge in [-0.1, -0.05) is 116 Å². The molecular weight excluding hydrogens is 843 g/mol. The van der Waals surface area contributed by atoms with Crippen molar-refractivity contribution in [2.75, 3.05) is 48.5 Å². The average Bonchev–Trinajstić information content (AvgIpc) is 3.79. The molecular formula is C50H83N7O9. The molecule has 1 saturated heterocycles. The summed E-state index contributed by atoms with van der Waals surface area (Å²) in [5, 5.41) is 6.43. The molecule has 1 aromatic carbocycles. The highest BCUT2D eigenvalue weighted by Gasteiger charge is 2.44. The SMILES string of the molecule is CCC(C)C(C(CC(=O)N1CCC[C@@H]1C(OC)C(C)C(=O)NC(Cc1ccccc1)C(=O)OC)OC)N(C)C(=O)C(CC(=O)C(C(C)C)N(C)C(=O)CCCCCCCCN=[N+]=[N-])C(C)C. The van der Waals surface area contributed by atoms with Crippen molar-refractivity contribution in [3.8, 4) is 0 Å². The lowest BCUT2D eigenvalue weighted by Gasteiger charge is -2.41. The Morgan fingerprint density at radius 3 is 2.06 bits per heavy atom. The Bertz CT molecular complexity index is 1720. The number of hydrogen-bond acceptors (Lipinski definition) is 10. The molecule has 1 fully saturated rings. The summed E-state index contributed by atoms with van der Waals surface area (Å²) in [7, 11) is 7.76. The molecule has 66 heavy (non-hydrogen) atoms. The first-order valence-electron chi connectivity index (χ1n) is 24.2. The molecule has 4 amide bonds. The molecule has 8 unspecified atom stereocenters. The zero-order chi connectivity index (χ0) is 49.5. The number of ether oxygens (including phenoxy) is 3. The Morgan fingerprint density at radius 1 is 0.864 bits per heavy atom. The molecule has 372 valence electrons. The number of rotatable bonds is 31. The van der Waals surface area contributed by atoms with E-state index in [0.29, 0.717) is 45.2 Å². The lowest BCUT2D eigenvalue weighted by atomic mass is 9.83. The Labute approximate surface area is 395 Å². The largest absolute Gasteiger partial charge is 0.467 e. The third-order valence-corrected chi connectivity index (χ3v) is 13.6. The highest BCUT2D eigenvalue weighted by atomic mass is 16.5. The van der Waals surface area contributed by atoms with Crippen molar-refractivity contribution in [2.45, 2.75) is 168 Å². The molecule has 1 N–H and O–H groups in total. The number of Topliss-reactive ketones (excluding diaryl/α,β-unsaturated/α-hetero) is 1. The molecule has 0 aromatic heterocycles. The minimum Gasteiger partial charge on any atom is -0.467 e. The van der Waals surface area contributed by atoms with E-state index in [0.717, 1.165) is 37.7 Å². The molecule has 1 aliphatic heterocycles. The summed E-state index contributed by atoms with van der Waals surface area (Å²) in [5.41, 5.74) is 9.29. The standard InChI is InChI=1S/C50H83N7O9/c1-13-35(6)46(56(9)49(62)38(33(2)3)31-41(58)45(34(4)5)55(8)43(59)27-21-16-14-15-17-22-28-52-54-51)42(64-10)32-44(60)57-29-23-26-40(57)47(65-11)36(7)48(61)53-39(50(63)66-12)30-37-24-19-18-20-25-37/h18-20,24-25,33-36,38-40,42,45-47H,13-17,21-23,26-32H2,1-12H3,(H,53,61)/t35?,36?,38?,39?,40-,42?,45?,46?,47?/m1/s1. The van der Waals surface area contributed by atoms with Gasteiger partial charge in [0.1, 0.15) is 6.04 Å². The summed E-state index contributed by atoms with van der Waals surface area (Å²) >= 11 is 0. The van der Waals surface area contributed by atoms with E-state index in [-0.39, 0.29) is 60.5 Å². The Morgan fingerprint density at radius 2 is 1.50 bits per heavy atom. The zero-order valence-corrected chi connectivity index (χ0v) is 42.2. The monoisotopic (exact) mass is 926 g/mol. The van der Waals surface area contributed by atoms with Crippen molar-refractivity contribution in [3.05, 3.63) is 46.3 Å². The van der Waals surface area contributed by atoms with Gasteiger partial charge in [-0.2, -0.15) is 0 Å². The summed E-state index contributed by atoms with van der Waals surface area (Å²) < 4.78 is 17.1. The highest BCUT2D eigenvalue weighted by molar-refractivity contribution is 5.93. The van der Waals surface area contributed by atoms with Gasteiger partial charge in [0.2, 0.25) is 23.6 Å². The lowest BCUT2D eigenvalue weighted by molar-refractivity contribution is -0.150. The van der Waals surface area contributed by atoms with Crippen molar-refractivity contribution >= 4 is 35.4 Å². The maximum Gasteiger partial charge on any atom is 0.328 e. The number of unbranched alkanes of at least 4 members (excludes halogenated alkanes) is 5. The first-order chi connectivity index (χ1) is 31.4. The van der Waals surface area contributed by atoms with E-state index >= 15 is 0 Å². The third kappa shape index (κ3) is 17.3. The maximum atomic E-state index is 14.6. The van der Waals surface area contributed by atoms with Gasteiger partial charge in [0.05, 0.1) is 49.8 Å². The van der Waals surface area contributed by atoms with Gasteiger partial charge in [0.25, 0.3) is 0 Å². The molecule has 0 spiro atoms. The molecule has 0 bridgehead atoms. The number of benzene rings is 1. The molecule has 16 nitrogen and oxygen atoms in total. The summed E-state index contributed by atoms with van der Waals surface area (Å²) in [6.07, 6.45) is 6.60. The van der Waals surface area contributed by atoms with Crippen LogP contribution < -0.4 is 5.32 Å². The predicted octanol–water partition coefficient (Wildman–Crippen LogP) is 7.56. The number of hydrogen-bond donors (Lipinski definition) is 1. The number of likely N-dealkylation sites (tertiary alicyclic amines) is 1. The Balaban J connectivity index is 2.21. The quantitative estimate of drug-likeness (QED) is 0.0257. The number of carbonyl (C=O) groups is 6. The van der Waals surface area contributed by atoms with Crippen LogP contribution in [-0.2, 0) is 49.4 Å². The molecule has 1 aromatic rings. The summed E-state index contributed by atoms with van der Waals surface area (Å²) in [6.45, 7) is 14.4. The second-order valence-electron chi connectivity index (χ2n) is 18.9. The van der Waals surface area contributed by atoms with Gasteiger partial charge in [-0.05, 0) is 54.5 Å². The van der Waals surface area contributed by atoms with Crippen molar-refractivity contribution in [1.29, 1.82) is 0 Å². The summed E-state index contributed by atoms with van der Waals surface area (Å²) in [5.74, 6) is -3.44. The molecule has 0 aliphatic carbocycles. The molecule has 16 heteroatoms. The predicted molar refractivity (Wildman–Crippen MR) is 256 cm³/mol. The van der Waals surface area contributed by atoms with Gasteiger partial charge in [-0.15, -0.1) is 0 Å². The van der Waals surface area contributed by atoms with E-state index in [1.54, 1.807) is 42.8 Å². The molecule has 0 radical (unpaired) electrons. The van der Waals surface area contributed by atoms with Gasteiger partial charge in [-0.25, -0.2) is 4.79 Å². The second kappa shape index (κ2) is 30.0. The number of azide groups is 1. The van der Waals surface area contributed by atoms with Crippen molar-refractivity contribution in [1.82, 2.24) is 20.0 Å². The van der Waals surface area contributed by atoms with Crippen LogP contribution in [-0.4, -0.2) is 135 Å². The van der Waals surface area contributed by atoms with Crippen LogP contribution in [0.25, 0.3) is 10.4 Å². The van der Waals surface area contributed by atoms with Crippen LogP contribution in [0.1, 0.15) is 131 Å². The Kier molecular flexibility index (Phi) is 26.2. The molecule has 2 rings (SSSR count). The van der Waals surface area contributed by atoms with Crippen molar-refractivity contribution < 1.29 is 43.0 Å². The fourth-order valence-electron chi connectivity index (χ4n) is 9.58. The Hall–Kier alpha value is -4.53. The number of nitrogens with zero attached hydrogens (tertiary/aromatic N) is 6. The van der Waals surface area contributed by atoms with Crippen LogP contribution in [0, 0.1) is 29.6 Å². The van der Waals surface area contributed by atoms with E-state index in [4.69, 9.17) is 19.7 Å². The van der Waals surface area contributed by atoms with Gasteiger partial charge in [0.15, 0.2) is 5.78 Å². The normalized spacial score (nSPS) is 17.4. The van der Waals surface area contributed by atoms with E-state index in [9.17, 15) is 28.8 Å². The van der Waals surface area contributed by atoms with Crippen LogP contribution in [0.5, 0.6) is 0 Å². The number of nitrogens with one attached hydrogen (secondary N) is 1. The van der Waals surface area contributed by atoms with E-state index < -0.39 is 60.1 Å². The van der Waals surface area contributed by atoms with Gasteiger partial charge >= 0.3 is 5.97 Å². The third-order valence-electron chi connectivity index (χ3n) is 13.6. The van der Waals surface area contributed by atoms with Crippen LogP contribution in [0.2, 0.25) is 0 Å². The average molecular weight is 926 g/mol. The number of methoxy groups -OCH3 is 3. The van der Waals surface area contributed by atoms with Crippen LogP contribution in [0.15, 0.2) is 35.4 Å². The maximum absolute atomic E-state index is 14.6. The topological polar surface area (TPSA) is 201 Å². The number of likely N-dealkylation sites (N-methyl/N-ethyl adjacent to an activating group) is 2. The fraction of sp³-hybridized carbons (Fsp3) is 0.760. The van der Waals surface area contributed by atoms with Gasteiger partial charge < -0.3 is 34.2 Å². The van der Waals surface area contributed by atoms with Crippen LogP contribution in [0.4, 0.5) is 0 Å². The summed E-state index contributed by atoms with van der Waals surface area (Å²) in [4.78, 5) is 90.9. The second-order valence-corrected chi connectivity index (χ2v) is 18.9. The van der Waals surface area contributed by atoms with E-state index in [1.165, 1.54) is 14.2 Å². The van der Waals surface area contributed by atoms with Gasteiger partial charge in [-0.3, -0.25) is 24.0 Å². The first-order valence-corrected chi connectivity index (χ1v) is 24.2. The molecule has 1 aliphatic rings. The molecule has 1 heterocycles. The van der Waals surface area contributed by atoms with E-state index in [2.05, 4.69) is 15.3 Å². The number of esters is 1. The van der Waals surface area contributed by atoms with E-state index in [1.807, 2.05) is 71.9 Å². The molecule has 9 atom stereocenters. The van der Waals surface area contributed by atoms with Crippen molar-refractivity contribution in [3.63, 3.8) is 0 Å². The van der Waals surface area contributed by atoms with Crippen molar-refractivity contribution in [2.24, 2.45) is 34.7 Å². The zero-order valence-electron chi connectivity index (χ0n) is 42.2. The number of ketones is 1. The first kappa shape index (κ1) is 57.6. The number of amides is 4. The highest BCUT2D eigenvalue weighted by Crippen LogP contribution is 2.31. The lowest BCUT2D eigenvalue weighted by Crippen LogP contribution is -2.55. The smallest absolute Gasteiger partial charge is 0.328 e. The van der Waals surface area contributed by atoms with Crippen LogP contribution >= 0.6 is 0 Å². The minimum absolute atomic E-state index is 0.0246. The fourth-order valence-corrected chi connectivity index (χ4v) is 9.58. The minimum atomic E-state index is -0.910. The van der Waals surface area contributed by atoms with Gasteiger partial charge in [0, 0.05) is 71.5 Å². The summed E-state index contributed by atoms with van der Waals surface area (Å²) in [6, 6.07) is 6.83. The number of carbonyl (C=O) groups excluding carboxylic acids is 6.